The van der Waals surface area contributed by atoms with E-state index in [1.54, 1.807) is 6.07 Å². The largest absolute Gasteiger partial charge is 0.399 e. The van der Waals surface area contributed by atoms with Gasteiger partial charge in [0, 0.05) is 35.3 Å². The minimum absolute atomic E-state index is 0.0111. The summed E-state index contributed by atoms with van der Waals surface area (Å²) in [5.41, 5.74) is 6.31. The van der Waals surface area contributed by atoms with Crippen LogP contribution >= 0.6 is 11.8 Å². The van der Waals surface area contributed by atoms with Crippen molar-refractivity contribution in [2.75, 3.05) is 23.8 Å². The van der Waals surface area contributed by atoms with Crippen LogP contribution in [0.5, 0.6) is 0 Å². The molecule has 1 amide bonds. The summed E-state index contributed by atoms with van der Waals surface area (Å²) in [6.07, 6.45) is 0.210. The molecule has 0 aromatic heterocycles. The van der Waals surface area contributed by atoms with Crippen LogP contribution in [-0.2, 0) is 14.8 Å². The molecule has 1 saturated heterocycles. The second-order valence-corrected chi connectivity index (χ2v) is 7.60. The van der Waals surface area contributed by atoms with Gasteiger partial charge in [-0.1, -0.05) is 6.07 Å². The van der Waals surface area contributed by atoms with Crippen molar-refractivity contribution < 1.29 is 13.2 Å². The van der Waals surface area contributed by atoms with Crippen LogP contribution in [0, 0.1) is 0 Å². The summed E-state index contributed by atoms with van der Waals surface area (Å²) in [5.74, 6) is 0.330. The van der Waals surface area contributed by atoms with E-state index in [0.717, 1.165) is 4.90 Å². The van der Waals surface area contributed by atoms with Gasteiger partial charge in [-0.05, 0) is 18.2 Å². The van der Waals surface area contributed by atoms with Gasteiger partial charge in [-0.3, -0.25) is 4.79 Å². The molecule has 1 heterocycles. The average molecular weight is 315 g/mol. The van der Waals surface area contributed by atoms with E-state index < -0.39 is 10.0 Å². The van der Waals surface area contributed by atoms with Gasteiger partial charge in [0.25, 0.3) is 0 Å². The van der Waals surface area contributed by atoms with Crippen LogP contribution < -0.4 is 15.8 Å². The number of thioether (sulfide) groups is 1. The molecule has 1 aliphatic rings. The average Bonchev–Trinajstić information content (AvgIpc) is 2.73. The Bertz CT molecular complexity index is 589. The Balaban J connectivity index is 1.79. The Morgan fingerprint density at radius 2 is 2.25 bits per heavy atom. The first-order valence-corrected chi connectivity index (χ1v) is 8.83. The zero-order valence-electron chi connectivity index (χ0n) is 10.8. The Hall–Kier alpha value is -1.25. The summed E-state index contributed by atoms with van der Waals surface area (Å²) in [5, 5.41) is 2.60. The molecule has 1 unspecified atom stereocenters. The Morgan fingerprint density at radius 3 is 2.90 bits per heavy atom. The van der Waals surface area contributed by atoms with Gasteiger partial charge in [0.1, 0.15) is 0 Å². The van der Waals surface area contributed by atoms with Crippen LogP contribution in [0.15, 0.2) is 29.2 Å². The van der Waals surface area contributed by atoms with Crippen molar-refractivity contribution in [2.24, 2.45) is 0 Å². The second-order valence-electron chi connectivity index (χ2n) is 4.56. The number of carbonyl (C=O) groups excluding carboxylic acids is 1. The fraction of sp³-hybridized carbons (Fsp3) is 0.417. The Kier molecular flexibility index (Phi) is 4.90. The minimum atomic E-state index is -3.36. The highest BCUT2D eigenvalue weighted by Gasteiger charge is 2.25. The van der Waals surface area contributed by atoms with E-state index in [1.807, 2.05) is 18.2 Å². The molecule has 6 nitrogen and oxygen atoms in total. The van der Waals surface area contributed by atoms with Gasteiger partial charge in [0.15, 0.2) is 0 Å². The Morgan fingerprint density at radius 1 is 1.45 bits per heavy atom. The molecule has 1 atom stereocenters. The summed E-state index contributed by atoms with van der Waals surface area (Å²) in [6.45, 7) is 0.362. The fourth-order valence-corrected chi connectivity index (χ4v) is 4.51. The third-order valence-corrected chi connectivity index (χ3v) is 5.49. The van der Waals surface area contributed by atoms with Crippen molar-refractivity contribution in [2.45, 2.75) is 17.4 Å². The van der Waals surface area contributed by atoms with Crippen LogP contribution in [0.1, 0.15) is 6.42 Å². The van der Waals surface area contributed by atoms with Crippen molar-refractivity contribution >= 4 is 33.4 Å². The molecule has 0 radical (unpaired) electrons. The number of sulfonamides is 1. The maximum absolute atomic E-state index is 11.9. The summed E-state index contributed by atoms with van der Waals surface area (Å²) < 4.78 is 26.3. The topological polar surface area (TPSA) is 101 Å². The quantitative estimate of drug-likeness (QED) is 0.513. The lowest BCUT2D eigenvalue weighted by molar-refractivity contribution is -0.119. The number of hydrogen-bond acceptors (Lipinski definition) is 5. The van der Waals surface area contributed by atoms with Gasteiger partial charge in [0.2, 0.25) is 15.9 Å². The highest BCUT2D eigenvalue weighted by Crippen LogP contribution is 2.20. The smallest absolute Gasteiger partial charge is 0.221 e. The maximum Gasteiger partial charge on any atom is 0.221 e. The van der Waals surface area contributed by atoms with Crippen LogP contribution in [0.4, 0.5) is 5.69 Å². The summed E-state index contributed by atoms with van der Waals surface area (Å²) in [7, 11) is -3.36. The van der Waals surface area contributed by atoms with Crippen LogP contribution in [0.3, 0.4) is 0 Å². The van der Waals surface area contributed by atoms with E-state index in [1.165, 1.54) is 11.8 Å². The van der Waals surface area contributed by atoms with E-state index in [-0.39, 0.29) is 24.1 Å². The highest BCUT2D eigenvalue weighted by molar-refractivity contribution is 8.00. The van der Waals surface area contributed by atoms with Gasteiger partial charge in [-0.15, -0.1) is 11.8 Å². The first-order chi connectivity index (χ1) is 9.44. The van der Waals surface area contributed by atoms with Crippen molar-refractivity contribution in [3.8, 4) is 0 Å². The second kappa shape index (κ2) is 6.47. The molecule has 20 heavy (non-hydrogen) atoms. The summed E-state index contributed by atoms with van der Waals surface area (Å²) in [6, 6.07) is 6.99. The van der Waals surface area contributed by atoms with Gasteiger partial charge in [0.05, 0.1) is 5.75 Å². The number of nitrogen functional groups attached to an aromatic ring is 1. The molecular formula is C12H17N3O3S2. The number of rotatable bonds is 6. The molecular weight excluding hydrogens is 298 g/mol. The zero-order valence-corrected chi connectivity index (χ0v) is 12.5. The van der Waals surface area contributed by atoms with E-state index in [0.29, 0.717) is 18.0 Å². The molecule has 1 aromatic rings. The lowest BCUT2D eigenvalue weighted by Gasteiger charge is -2.11. The van der Waals surface area contributed by atoms with Crippen LogP contribution in [0.2, 0.25) is 0 Å². The molecule has 1 aliphatic heterocycles. The first kappa shape index (κ1) is 15.1. The molecule has 0 aliphatic carbocycles. The molecule has 110 valence electrons. The molecule has 2 rings (SSSR count). The molecule has 4 N–H and O–H groups in total. The van der Waals surface area contributed by atoms with Gasteiger partial charge < -0.3 is 11.1 Å². The normalized spacial score (nSPS) is 19.0. The standard InChI is InChI=1S/C12H17N3O3S2/c13-9-2-1-3-11(6-9)19-4-5-20(17,18)15-10-7-12(16)14-8-10/h1-3,6,10,15H,4-5,7-8,13H2,(H,14,16). The minimum Gasteiger partial charge on any atom is -0.399 e. The number of benzene rings is 1. The number of nitrogens with one attached hydrogen (secondary N) is 2. The molecule has 1 aromatic carbocycles. The molecule has 0 spiro atoms. The first-order valence-electron chi connectivity index (χ1n) is 6.20. The fourth-order valence-electron chi connectivity index (χ4n) is 1.87. The van der Waals surface area contributed by atoms with E-state index in [4.69, 9.17) is 5.73 Å². The highest BCUT2D eigenvalue weighted by atomic mass is 32.2. The van der Waals surface area contributed by atoms with Crippen molar-refractivity contribution in [1.82, 2.24) is 10.0 Å². The van der Waals surface area contributed by atoms with Gasteiger partial charge in [-0.25, -0.2) is 13.1 Å². The van der Waals surface area contributed by atoms with E-state index >= 15 is 0 Å². The van der Waals surface area contributed by atoms with E-state index in [9.17, 15) is 13.2 Å². The van der Waals surface area contributed by atoms with Gasteiger partial charge in [-0.2, -0.15) is 0 Å². The predicted molar refractivity (Wildman–Crippen MR) is 79.9 cm³/mol. The SMILES string of the molecule is Nc1cccc(SCCS(=O)(=O)NC2CNC(=O)C2)c1. The summed E-state index contributed by atoms with van der Waals surface area (Å²) in [4.78, 5) is 12.0. The number of hydrogen-bond donors (Lipinski definition) is 3. The molecule has 0 saturated carbocycles. The third-order valence-electron chi connectivity index (χ3n) is 2.80. The molecule has 8 heteroatoms. The molecule has 0 bridgehead atoms. The lowest BCUT2D eigenvalue weighted by atomic mass is 10.3. The van der Waals surface area contributed by atoms with Crippen molar-refractivity contribution in [3.63, 3.8) is 0 Å². The lowest BCUT2D eigenvalue weighted by Crippen LogP contribution is -2.38. The number of nitrogens with two attached hydrogens (primary N) is 1. The van der Waals surface area contributed by atoms with Crippen LogP contribution in [-0.4, -0.2) is 38.4 Å². The zero-order chi connectivity index (χ0) is 14.6. The predicted octanol–water partition coefficient (Wildman–Crippen LogP) is 0.169. The third kappa shape index (κ3) is 4.69. The van der Waals surface area contributed by atoms with Crippen molar-refractivity contribution in [3.05, 3.63) is 24.3 Å². The summed E-state index contributed by atoms with van der Waals surface area (Å²) >= 11 is 1.44. The Labute approximate surface area is 122 Å². The van der Waals surface area contributed by atoms with Crippen molar-refractivity contribution in [1.29, 1.82) is 0 Å². The van der Waals surface area contributed by atoms with Gasteiger partial charge >= 0.3 is 0 Å². The number of carbonyl (C=O) groups is 1. The molecule has 1 fully saturated rings. The van der Waals surface area contributed by atoms with Crippen LogP contribution in [0.25, 0.3) is 0 Å². The number of anilines is 1. The monoisotopic (exact) mass is 315 g/mol. The number of amides is 1. The maximum atomic E-state index is 11.9. The van der Waals surface area contributed by atoms with E-state index in [2.05, 4.69) is 10.0 Å².